The number of rotatable bonds is 6. The smallest absolute Gasteiger partial charge is 0.293 e. The summed E-state index contributed by atoms with van der Waals surface area (Å²) in [6, 6.07) is 10.3. The number of aryl methyl sites for hydroxylation is 2. The first kappa shape index (κ1) is 18.9. The second-order valence-corrected chi connectivity index (χ2v) is 6.29. The Bertz CT molecular complexity index is 808. The maximum atomic E-state index is 12.2. The predicted molar refractivity (Wildman–Crippen MR) is 99.1 cm³/mol. The summed E-state index contributed by atoms with van der Waals surface area (Å²) in [6.45, 7) is 5.54. The standard InChI is InChI=1S/C18H20ClN3O3/c1-11-8-16(17(22(24)25)9-12(11)2)21-18(23)10-20-13(3)14-6-4-5-7-15(14)19/h4-9,13,20H,10H2,1-3H3,(H,21,23)/t13-/m0/s1. The Morgan fingerprint density at radius 2 is 1.88 bits per heavy atom. The number of nitro groups is 1. The monoisotopic (exact) mass is 361 g/mol. The molecular weight excluding hydrogens is 342 g/mol. The zero-order chi connectivity index (χ0) is 18.6. The van der Waals surface area contributed by atoms with E-state index in [0.29, 0.717) is 5.02 Å². The van der Waals surface area contributed by atoms with E-state index in [1.807, 2.05) is 32.0 Å². The number of halogens is 1. The van der Waals surface area contributed by atoms with Gasteiger partial charge in [-0.2, -0.15) is 0 Å². The van der Waals surface area contributed by atoms with E-state index in [2.05, 4.69) is 10.6 Å². The lowest BCUT2D eigenvalue weighted by Gasteiger charge is -2.15. The molecule has 0 bridgehead atoms. The first-order valence-electron chi connectivity index (χ1n) is 7.83. The van der Waals surface area contributed by atoms with Gasteiger partial charge < -0.3 is 10.6 Å². The van der Waals surface area contributed by atoms with Gasteiger partial charge in [0.25, 0.3) is 5.69 Å². The number of carbonyl (C=O) groups excluding carboxylic acids is 1. The molecule has 0 spiro atoms. The number of hydrogen-bond donors (Lipinski definition) is 2. The molecule has 2 aromatic carbocycles. The molecule has 0 aromatic heterocycles. The molecular formula is C18H20ClN3O3. The molecule has 0 radical (unpaired) electrons. The molecule has 0 aliphatic carbocycles. The fraction of sp³-hybridized carbons (Fsp3) is 0.278. The number of carbonyl (C=O) groups is 1. The van der Waals surface area contributed by atoms with Crippen molar-refractivity contribution in [3.8, 4) is 0 Å². The van der Waals surface area contributed by atoms with Crippen molar-refractivity contribution in [2.75, 3.05) is 11.9 Å². The summed E-state index contributed by atoms with van der Waals surface area (Å²) in [5, 5.41) is 17.5. The Morgan fingerprint density at radius 1 is 1.24 bits per heavy atom. The number of amides is 1. The predicted octanol–water partition coefficient (Wildman–Crippen LogP) is 4.15. The average molecular weight is 362 g/mol. The molecule has 7 heteroatoms. The number of nitrogens with one attached hydrogen (secondary N) is 2. The first-order chi connectivity index (χ1) is 11.8. The van der Waals surface area contributed by atoms with Crippen molar-refractivity contribution in [1.29, 1.82) is 0 Å². The number of anilines is 1. The zero-order valence-electron chi connectivity index (χ0n) is 14.3. The molecule has 132 valence electrons. The maximum absolute atomic E-state index is 12.2. The van der Waals surface area contributed by atoms with Crippen LogP contribution in [0.5, 0.6) is 0 Å². The van der Waals surface area contributed by atoms with E-state index in [1.54, 1.807) is 19.1 Å². The van der Waals surface area contributed by atoms with Crippen LogP contribution in [0.4, 0.5) is 11.4 Å². The highest BCUT2D eigenvalue weighted by molar-refractivity contribution is 6.31. The summed E-state index contributed by atoms with van der Waals surface area (Å²) >= 11 is 6.14. The van der Waals surface area contributed by atoms with Crippen molar-refractivity contribution in [3.05, 3.63) is 68.2 Å². The Labute approximate surface area is 151 Å². The lowest BCUT2D eigenvalue weighted by Crippen LogP contribution is -2.30. The van der Waals surface area contributed by atoms with Crippen molar-refractivity contribution in [2.45, 2.75) is 26.8 Å². The maximum Gasteiger partial charge on any atom is 0.293 e. The Kier molecular flexibility index (Phi) is 6.12. The number of hydrogen-bond acceptors (Lipinski definition) is 4. The molecule has 0 saturated heterocycles. The van der Waals surface area contributed by atoms with Gasteiger partial charge in [-0.05, 0) is 49.6 Å². The lowest BCUT2D eigenvalue weighted by molar-refractivity contribution is -0.384. The molecule has 1 atom stereocenters. The van der Waals surface area contributed by atoms with Gasteiger partial charge in [-0.1, -0.05) is 29.8 Å². The van der Waals surface area contributed by atoms with Gasteiger partial charge in [-0.3, -0.25) is 14.9 Å². The number of benzene rings is 2. The molecule has 0 fully saturated rings. The molecule has 1 amide bonds. The first-order valence-corrected chi connectivity index (χ1v) is 8.20. The third kappa shape index (κ3) is 4.78. The molecule has 2 N–H and O–H groups in total. The van der Waals surface area contributed by atoms with Crippen LogP contribution in [0.2, 0.25) is 5.02 Å². The van der Waals surface area contributed by atoms with Crippen LogP contribution in [0.15, 0.2) is 36.4 Å². The van der Waals surface area contributed by atoms with Gasteiger partial charge in [0.05, 0.1) is 11.5 Å². The molecule has 0 aliphatic rings. The fourth-order valence-electron chi connectivity index (χ4n) is 2.43. The van der Waals surface area contributed by atoms with Gasteiger partial charge in [-0.15, -0.1) is 0 Å². The van der Waals surface area contributed by atoms with E-state index in [0.717, 1.165) is 16.7 Å². The minimum Gasteiger partial charge on any atom is -0.319 e. The molecule has 2 rings (SSSR count). The minimum absolute atomic E-state index is 0.0104. The second kappa shape index (κ2) is 8.09. The SMILES string of the molecule is Cc1cc(NC(=O)CN[C@@H](C)c2ccccc2Cl)c([N+](=O)[O-])cc1C. The molecule has 0 saturated carbocycles. The van der Waals surface area contributed by atoms with Crippen LogP contribution in [-0.2, 0) is 4.79 Å². The van der Waals surface area contributed by atoms with E-state index < -0.39 is 4.92 Å². The van der Waals surface area contributed by atoms with Crippen LogP contribution in [0.1, 0.15) is 29.7 Å². The van der Waals surface area contributed by atoms with E-state index in [-0.39, 0.29) is 29.9 Å². The summed E-state index contributed by atoms with van der Waals surface area (Å²) in [5.74, 6) is -0.356. The van der Waals surface area contributed by atoms with E-state index in [4.69, 9.17) is 11.6 Å². The van der Waals surface area contributed by atoms with Crippen molar-refractivity contribution >= 4 is 28.9 Å². The normalized spacial score (nSPS) is 11.8. The Morgan fingerprint density at radius 3 is 2.52 bits per heavy atom. The summed E-state index contributed by atoms with van der Waals surface area (Å²) < 4.78 is 0. The summed E-state index contributed by atoms with van der Waals surface area (Å²) in [7, 11) is 0. The van der Waals surface area contributed by atoms with Gasteiger partial charge in [0.15, 0.2) is 0 Å². The van der Waals surface area contributed by atoms with Crippen LogP contribution >= 0.6 is 11.6 Å². The Hall–Kier alpha value is -2.44. The third-order valence-electron chi connectivity index (χ3n) is 4.02. The van der Waals surface area contributed by atoms with Gasteiger partial charge in [0.2, 0.25) is 5.91 Å². The zero-order valence-corrected chi connectivity index (χ0v) is 15.1. The van der Waals surface area contributed by atoms with Gasteiger partial charge in [0, 0.05) is 17.1 Å². The molecule has 25 heavy (non-hydrogen) atoms. The highest BCUT2D eigenvalue weighted by Crippen LogP contribution is 2.28. The van der Waals surface area contributed by atoms with Crippen LogP contribution in [0.3, 0.4) is 0 Å². The van der Waals surface area contributed by atoms with Crippen molar-refractivity contribution in [1.82, 2.24) is 5.32 Å². The molecule has 6 nitrogen and oxygen atoms in total. The highest BCUT2D eigenvalue weighted by Gasteiger charge is 2.18. The van der Waals surface area contributed by atoms with Crippen LogP contribution in [0.25, 0.3) is 0 Å². The number of nitrogens with zero attached hydrogens (tertiary/aromatic N) is 1. The highest BCUT2D eigenvalue weighted by atomic mass is 35.5. The summed E-state index contributed by atoms with van der Waals surface area (Å²) in [4.78, 5) is 22.9. The van der Waals surface area contributed by atoms with Crippen molar-refractivity contribution < 1.29 is 9.72 Å². The van der Waals surface area contributed by atoms with Crippen LogP contribution in [0, 0.1) is 24.0 Å². The third-order valence-corrected chi connectivity index (χ3v) is 4.37. The minimum atomic E-state index is -0.498. The van der Waals surface area contributed by atoms with Crippen molar-refractivity contribution in [3.63, 3.8) is 0 Å². The van der Waals surface area contributed by atoms with E-state index in [9.17, 15) is 14.9 Å². The lowest BCUT2D eigenvalue weighted by atomic mass is 10.1. The molecule has 0 unspecified atom stereocenters. The van der Waals surface area contributed by atoms with E-state index >= 15 is 0 Å². The van der Waals surface area contributed by atoms with E-state index in [1.165, 1.54) is 6.07 Å². The van der Waals surface area contributed by atoms with Gasteiger partial charge >= 0.3 is 0 Å². The van der Waals surface area contributed by atoms with Crippen molar-refractivity contribution in [2.24, 2.45) is 0 Å². The molecule has 0 aliphatic heterocycles. The second-order valence-electron chi connectivity index (χ2n) is 5.88. The largest absolute Gasteiger partial charge is 0.319 e. The van der Waals surface area contributed by atoms with Gasteiger partial charge in [0.1, 0.15) is 5.69 Å². The average Bonchev–Trinajstić information content (AvgIpc) is 2.56. The van der Waals surface area contributed by atoms with Crippen LogP contribution < -0.4 is 10.6 Å². The topological polar surface area (TPSA) is 84.3 Å². The quantitative estimate of drug-likeness (QED) is 0.597. The van der Waals surface area contributed by atoms with Gasteiger partial charge in [-0.25, -0.2) is 0 Å². The number of nitro benzene ring substituents is 1. The summed E-state index contributed by atoms with van der Waals surface area (Å²) in [5.41, 5.74) is 2.64. The summed E-state index contributed by atoms with van der Waals surface area (Å²) in [6.07, 6.45) is 0. The fourth-order valence-corrected chi connectivity index (χ4v) is 2.73. The Balaban J connectivity index is 2.05. The molecule has 0 heterocycles. The van der Waals surface area contributed by atoms with Crippen LogP contribution in [-0.4, -0.2) is 17.4 Å². The molecule has 2 aromatic rings.